The molecule has 2 aromatic heterocycles. The van der Waals surface area contributed by atoms with Crippen molar-refractivity contribution in [1.82, 2.24) is 24.1 Å². The Morgan fingerprint density at radius 1 is 1.12 bits per heavy atom. The van der Waals surface area contributed by atoms with E-state index in [4.69, 9.17) is 17.3 Å². The molecule has 1 saturated heterocycles. The average Bonchev–Trinajstić information content (AvgIpc) is 3.61. The molecule has 2 aliphatic rings. The minimum Gasteiger partial charge on any atom is -0.383 e. The van der Waals surface area contributed by atoms with E-state index in [0.717, 1.165) is 33.9 Å². The van der Waals surface area contributed by atoms with Gasteiger partial charge in [-0.2, -0.15) is 4.31 Å². The van der Waals surface area contributed by atoms with Gasteiger partial charge in [-0.05, 0) is 61.2 Å². The number of likely N-dealkylation sites (N-methyl/N-ethyl adjacent to an activating group) is 1. The molecule has 0 radical (unpaired) electrons. The molecule has 4 aromatic rings. The fourth-order valence-electron chi connectivity index (χ4n) is 5.88. The van der Waals surface area contributed by atoms with Crippen LogP contribution < -0.4 is 5.73 Å². The second-order valence-electron chi connectivity index (χ2n) is 10.7. The molecule has 3 heterocycles. The number of aromatic nitrogens is 2. The second kappa shape index (κ2) is 10.9. The van der Waals surface area contributed by atoms with Crippen molar-refractivity contribution >= 4 is 65.7 Å². The van der Waals surface area contributed by atoms with Gasteiger partial charge in [0, 0.05) is 40.8 Å². The lowest BCUT2D eigenvalue weighted by molar-refractivity contribution is -0.139. The Kier molecular flexibility index (Phi) is 7.43. The van der Waals surface area contributed by atoms with Crippen LogP contribution >= 0.6 is 22.9 Å². The SMILES string of the molecule is CN(C[C@H]1CN(S(=O)(=O)c2cc3ccc(Cl)cc3s2)CC(=O)N1Cc1ccc2c(N)ncnc2c1)C1CCCC1. The molecule has 6 rings (SSSR count). The third-order valence-corrected chi connectivity index (χ3v) is 11.7. The number of hydrogen-bond donors (Lipinski definition) is 1. The number of carbonyl (C=O) groups excluding carboxylic acids is 1. The van der Waals surface area contributed by atoms with Gasteiger partial charge in [-0.15, -0.1) is 11.3 Å². The Balaban J connectivity index is 1.29. The van der Waals surface area contributed by atoms with Crippen molar-refractivity contribution in [3.63, 3.8) is 0 Å². The van der Waals surface area contributed by atoms with Crippen LogP contribution in [0.15, 0.2) is 53.0 Å². The van der Waals surface area contributed by atoms with Crippen LogP contribution in [0.2, 0.25) is 5.02 Å². The van der Waals surface area contributed by atoms with Gasteiger partial charge in [-0.3, -0.25) is 4.79 Å². The molecule has 210 valence electrons. The smallest absolute Gasteiger partial charge is 0.253 e. The Morgan fingerprint density at radius 2 is 1.93 bits per heavy atom. The second-order valence-corrected chi connectivity index (χ2v) is 14.4. The summed E-state index contributed by atoms with van der Waals surface area (Å²) in [5, 5.41) is 2.13. The number of amides is 1. The van der Waals surface area contributed by atoms with Crippen LogP contribution in [0.1, 0.15) is 31.2 Å². The summed E-state index contributed by atoms with van der Waals surface area (Å²) in [5.41, 5.74) is 7.61. The molecule has 2 aromatic carbocycles. The Labute approximate surface area is 242 Å². The summed E-state index contributed by atoms with van der Waals surface area (Å²) in [5.74, 6) is 0.192. The first kappa shape index (κ1) is 27.3. The lowest BCUT2D eigenvalue weighted by Gasteiger charge is -2.42. The molecule has 1 atom stereocenters. The van der Waals surface area contributed by atoms with Gasteiger partial charge in [-0.25, -0.2) is 18.4 Å². The molecule has 0 unspecified atom stereocenters. The van der Waals surface area contributed by atoms with E-state index in [1.54, 1.807) is 18.2 Å². The van der Waals surface area contributed by atoms with Crippen molar-refractivity contribution in [2.75, 3.05) is 32.4 Å². The third kappa shape index (κ3) is 5.28. The number of anilines is 1. The highest BCUT2D eigenvalue weighted by Crippen LogP contribution is 2.34. The number of carbonyl (C=O) groups is 1. The molecule has 40 heavy (non-hydrogen) atoms. The highest BCUT2D eigenvalue weighted by molar-refractivity contribution is 7.91. The van der Waals surface area contributed by atoms with E-state index in [9.17, 15) is 13.2 Å². The van der Waals surface area contributed by atoms with Gasteiger partial charge in [-0.1, -0.05) is 36.6 Å². The molecule has 1 amide bonds. The van der Waals surface area contributed by atoms with Crippen LogP contribution in [0, 0.1) is 0 Å². The molecule has 2 N–H and O–H groups in total. The van der Waals surface area contributed by atoms with E-state index in [-0.39, 0.29) is 29.2 Å². The Hall–Kier alpha value is -2.83. The number of nitrogen functional groups attached to an aromatic ring is 1. The molecule has 1 aliphatic carbocycles. The summed E-state index contributed by atoms with van der Waals surface area (Å²) in [7, 11) is -1.79. The minimum atomic E-state index is -3.88. The van der Waals surface area contributed by atoms with Crippen molar-refractivity contribution < 1.29 is 13.2 Å². The van der Waals surface area contributed by atoms with Crippen molar-refractivity contribution in [1.29, 1.82) is 0 Å². The Morgan fingerprint density at radius 3 is 2.73 bits per heavy atom. The summed E-state index contributed by atoms with van der Waals surface area (Å²) >= 11 is 7.32. The summed E-state index contributed by atoms with van der Waals surface area (Å²) in [4.78, 5) is 26.2. The molecule has 1 saturated carbocycles. The zero-order valence-electron chi connectivity index (χ0n) is 22.2. The summed E-state index contributed by atoms with van der Waals surface area (Å²) in [6, 6.07) is 12.9. The maximum atomic E-state index is 13.8. The number of thiophene rings is 1. The van der Waals surface area contributed by atoms with E-state index >= 15 is 0 Å². The van der Waals surface area contributed by atoms with Gasteiger partial charge in [0.05, 0.1) is 18.1 Å². The average molecular weight is 599 g/mol. The van der Waals surface area contributed by atoms with Crippen LogP contribution in [-0.4, -0.2) is 77.2 Å². The molecule has 0 spiro atoms. The number of hydrogen-bond acceptors (Lipinski definition) is 8. The van der Waals surface area contributed by atoms with E-state index in [1.807, 2.05) is 29.2 Å². The van der Waals surface area contributed by atoms with E-state index in [1.165, 1.54) is 34.8 Å². The van der Waals surface area contributed by atoms with Crippen LogP contribution in [0.25, 0.3) is 21.0 Å². The van der Waals surface area contributed by atoms with E-state index in [0.29, 0.717) is 35.5 Å². The van der Waals surface area contributed by atoms with Gasteiger partial charge in [0.25, 0.3) is 10.0 Å². The number of sulfonamides is 1. The van der Waals surface area contributed by atoms with Crippen molar-refractivity contribution in [2.24, 2.45) is 0 Å². The highest BCUT2D eigenvalue weighted by atomic mass is 35.5. The summed E-state index contributed by atoms with van der Waals surface area (Å²) < 4.78 is 30.0. The monoisotopic (exact) mass is 598 g/mol. The molecule has 2 fully saturated rings. The van der Waals surface area contributed by atoms with Crippen LogP contribution in [0.5, 0.6) is 0 Å². The van der Waals surface area contributed by atoms with E-state index < -0.39 is 10.0 Å². The molecule has 0 bridgehead atoms. The number of fused-ring (bicyclic) bond motifs is 2. The molecule has 12 heteroatoms. The first-order valence-corrected chi connectivity index (χ1v) is 16.0. The zero-order chi connectivity index (χ0) is 28.0. The van der Waals surface area contributed by atoms with Gasteiger partial charge >= 0.3 is 0 Å². The van der Waals surface area contributed by atoms with Gasteiger partial charge in [0.2, 0.25) is 5.91 Å². The van der Waals surface area contributed by atoms with Crippen molar-refractivity contribution in [2.45, 2.75) is 48.5 Å². The number of benzene rings is 2. The first-order valence-electron chi connectivity index (χ1n) is 13.4. The lowest BCUT2D eigenvalue weighted by atomic mass is 10.1. The standard InChI is InChI=1S/C28H31ClN6O3S2/c1-33(21-4-2-3-5-21)14-22-15-34(40(37,38)27-11-19-7-8-20(29)12-25(19)39-27)16-26(36)35(22)13-18-6-9-23-24(10-18)31-17-32-28(23)30/h6-12,17,21-22H,2-5,13-16H2,1H3,(H2,30,31,32)/t22-/m0/s1. The van der Waals surface area contributed by atoms with Crippen molar-refractivity contribution in [3.8, 4) is 0 Å². The van der Waals surface area contributed by atoms with Gasteiger partial charge < -0.3 is 15.5 Å². The fraction of sp³-hybridized carbons (Fsp3) is 0.393. The van der Waals surface area contributed by atoms with Gasteiger partial charge in [0.1, 0.15) is 16.4 Å². The zero-order valence-corrected chi connectivity index (χ0v) is 24.6. The van der Waals surface area contributed by atoms with Crippen LogP contribution in [0.3, 0.4) is 0 Å². The summed E-state index contributed by atoms with van der Waals surface area (Å²) in [6.07, 6.45) is 6.06. The quantitative estimate of drug-likeness (QED) is 0.336. The number of nitrogens with two attached hydrogens (primary N) is 1. The van der Waals surface area contributed by atoms with Crippen LogP contribution in [-0.2, 0) is 21.4 Å². The number of piperazine rings is 1. The predicted molar refractivity (Wildman–Crippen MR) is 159 cm³/mol. The van der Waals surface area contributed by atoms with Crippen molar-refractivity contribution in [3.05, 3.63) is 59.4 Å². The number of halogens is 1. The topological polar surface area (TPSA) is 113 Å². The van der Waals surface area contributed by atoms with Crippen LogP contribution in [0.4, 0.5) is 5.82 Å². The highest BCUT2D eigenvalue weighted by Gasteiger charge is 2.40. The largest absolute Gasteiger partial charge is 0.383 e. The lowest BCUT2D eigenvalue weighted by Crippen LogP contribution is -2.60. The van der Waals surface area contributed by atoms with E-state index in [2.05, 4.69) is 21.9 Å². The van der Waals surface area contributed by atoms with Gasteiger partial charge in [0.15, 0.2) is 0 Å². The molecule has 9 nitrogen and oxygen atoms in total. The molecule has 1 aliphatic heterocycles. The maximum Gasteiger partial charge on any atom is 0.253 e. The Bertz CT molecular complexity index is 1690. The predicted octanol–water partition coefficient (Wildman–Crippen LogP) is 4.36. The third-order valence-electron chi connectivity index (χ3n) is 8.07. The first-order chi connectivity index (χ1) is 19.2. The maximum absolute atomic E-state index is 13.8. The molecular weight excluding hydrogens is 568 g/mol. The number of nitrogens with zero attached hydrogens (tertiary/aromatic N) is 5. The number of rotatable bonds is 7. The normalized spacial score (nSPS) is 19.4. The minimum absolute atomic E-state index is 0.205. The summed E-state index contributed by atoms with van der Waals surface area (Å²) in [6.45, 7) is 0.969. The molecular formula is C28H31ClN6O3S2. The fourth-order valence-corrected chi connectivity index (χ4v) is 9.14.